The maximum atomic E-state index is 12.9. The highest BCUT2D eigenvalue weighted by Crippen LogP contribution is 2.35. The Bertz CT molecular complexity index is 876. The Hall–Kier alpha value is -2.61. The number of hydrogen-bond donors (Lipinski definition) is 1. The van der Waals surface area contributed by atoms with Gasteiger partial charge in [0, 0.05) is 0 Å². The smallest absolute Gasteiger partial charge is 0.224 e. The molecule has 0 radical (unpaired) electrons. The third kappa shape index (κ3) is 3.65. The molecular weight excluding hydrogens is 318 g/mol. The molecule has 0 aromatic heterocycles. The lowest BCUT2D eigenvalue weighted by molar-refractivity contribution is -0.121. The first-order valence-corrected chi connectivity index (χ1v) is 9.62. The number of rotatable bonds is 5. The van der Waals surface area contributed by atoms with Crippen molar-refractivity contribution in [2.75, 3.05) is 0 Å². The third-order valence-corrected chi connectivity index (χ3v) is 5.58. The zero-order valence-corrected chi connectivity index (χ0v) is 15.0. The number of fused-ring (bicyclic) bond motifs is 1. The van der Waals surface area contributed by atoms with E-state index in [2.05, 4.69) is 53.8 Å². The number of nitrogens with one attached hydrogen (secondary N) is 1. The number of carbonyl (C=O) groups is 1. The van der Waals surface area contributed by atoms with Crippen LogP contribution in [0.4, 0.5) is 0 Å². The molecule has 1 fully saturated rings. The van der Waals surface area contributed by atoms with Crippen molar-refractivity contribution in [3.8, 4) is 0 Å². The standard InChI is InChI=1S/C24H25NO/c26-23(17-21-15-8-14-18-9-6-7-16-22(18)21)25-24(20-12-4-5-13-20)19-10-2-1-3-11-19/h1-3,6-11,14-16,20,24H,4-5,12-13,17H2,(H,25,26). The van der Waals surface area contributed by atoms with Crippen LogP contribution in [0.2, 0.25) is 0 Å². The van der Waals surface area contributed by atoms with E-state index in [0.717, 1.165) is 5.56 Å². The summed E-state index contributed by atoms with van der Waals surface area (Å²) in [7, 11) is 0. The summed E-state index contributed by atoms with van der Waals surface area (Å²) >= 11 is 0. The van der Waals surface area contributed by atoms with Crippen molar-refractivity contribution in [1.82, 2.24) is 5.32 Å². The second-order valence-electron chi connectivity index (χ2n) is 7.32. The minimum absolute atomic E-state index is 0.113. The summed E-state index contributed by atoms with van der Waals surface area (Å²) in [6, 6.07) is 25.0. The first-order chi connectivity index (χ1) is 12.8. The molecule has 1 atom stereocenters. The minimum atomic E-state index is 0.113. The number of hydrogen-bond acceptors (Lipinski definition) is 1. The van der Waals surface area contributed by atoms with Crippen molar-refractivity contribution in [1.29, 1.82) is 0 Å². The number of carbonyl (C=O) groups excluding carboxylic acids is 1. The van der Waals surface area contributed by atoms with Crippen molar-refractivity contribution in [3.63, 3.8) is 0 Å². The highest BCUT2D eigenvalue weighted by molar-refractivity contribution is 5.90. The van der Waals surface area contributed by atoms with Gasteiger partial charge in [0.25, 0.3) is 0 Å². The van der Waals surface area contributed by atoms with Crippen LogP contribution in [0, 0.1) is 5.92 Å². The summed E-state index contributed by atoms with van der Waals surface area (Å²) in [5, 5.41) is 5.71. The highest BCUT2D eigenvalue weighted by atomic mass is 16.1. The predicted octanol–water partition coefficient (Wildman–Crippen LogP) is 5.43. The largest absolute Gasteiger partial charge is 0.349 e. The van der Waals surface area contributed by atoms with E-state index in [0.29, 0.717) is 12.3 Å². The zero-order valence-electron chi connectivity index (χ0n) is 15.0. The first kappa shape index (κ1) is 16.8. The maximum Gasteiger partial charge on any atom is 0.224 e. The Morgan fingerprint density at radius 2 is 1.58 bits per heavy atom. The van der Waals surface area contributed by atoms with Crippen LogP contribution < -0.4 is 5.32 Å². The fraction of sp³-hybridized carbons (Fsp3) is 0.292. The Labute approximate surface area is 155 Å². The van der Waals surface area contributed by atoms with Crippen LogP contribution in [0.15, 0.2) is 72.8 Å². The summed E-state index contributed by atoms with van der Waals surface area (Å²) < 4.78 is 0. The molecule has 3 aromatic rings. The average Bonchev–Trinajstić information content (AvgIpc) is 3.22. The van der Waals surface area contributed by atoms with Gasteiger partial charge in [0.15, 0.2) is 0 Å². The van der Waals surface area contributed by atoms with E-state index in [1.165, 1.54) is 42.0 Å². The molecule has 132 valence electrons. The second-order valence-corrected chi connectivity index (χ2v) is 7.32. The van der Waals surface area contributed by atoms with Gasteiger partial charge in [-0.3, -0.25) is 4.79 Å². The topological polar surface area (TPSA) is 29.1 Å². The molecule has 1 aliphatic carbocycles. The van der Waals surface area contributed by atoms with Gasteiger partial charge >= 0.3 is 0 Å². The molecule has 0 saturated heterocycles. The van der Waals surface area contributed by atoms with Crippen LogP contribution in [0.25, 0.3) is 10.8 Å². The number of amides is 1. The fourth-order valence-electron chi connectivity index (χ4n) is 4.27. The van der Waals surface area contributed by atoms with Crippen molar-refractivity contribution in [2.45, 2.75) is 38.1 Å². The lowest BCUT2D eigenvalue weighted by atomic mass is 9.91. The summed E-state index contributed by atoms with van der Waals surface area (Å²) in [6.07, 6.45) is 5.38. The molecule has 1 saturated carbocycles. The van der Waals surface area contributed by atoms with Gasteiger partial charge in [0.1, 0.15) is 0 Å². The van der Waals surface area contributed by atoms with E-state index >= 15 is 0 Å². The van der Waals surface area contributed by atoms with Crippen molar-refractivity contribution < 1.29 is 4.79 Å². The van der Waals surface area contributed by atoms with Gasteiger partial charge in [-0.25, -0.2) is 0 Å². The van der Waals surface area contributed by atoms with Gasteiger partial charge in [0.05, 0.1) is 12.5 Å². The molecule has 1 amide bonds. The van der Waals surface area contributed by atoms with E-state index in [1.54, 1.807) is 0 Å². The monoisotopic (exact) mass is 343 g/mol. The van der Waals surface area contributed by atoms with Crippen molar-refractivity contribution in [2.24, 2.45) is 5.92 Å². The maximum absolute atomic E-state index is 12.9. The SMILES string of the molecule is O=C(Cc1cccc2ccccc12)NC(c1ccccc1)C1CCCC1. The van der Waals surface area contributed by atoms with E-state index < -0.39 is 0 Å². The van der Waals surface area contributed by atoms with Crippen molar-refractivity contribution in [3.05, 3.63) is 83.9 Å². The average molecular weight is 343 g/mol. The van der Waals surface area contributed by atoms with Crippen LogP contribution in [-0.4, -0.2) is 5.91 Å². The van der Waals surface area contributed by atoms with E-state index in [-0.39, 0.29) is 11.9 Å². The fourth-order valence-corrected chi connectivity index (χ4v) is 4.27. The van der Waals surface area contributed by atoms with Gasteiger partial charge in [0.2, 0.25) is 5.91 Å². The van der Waals surface area contributed by atoms with Crippen LogP contribution in [0.1, 0.15) is 42.9 Å². The minimum Gasteiger partial charge on any atom is -0.349 e. The van der Waals surface area contributed by atoms with E-state index in [9.17, 15) is 4.79 Å². The Morgan fingerprint density at radius 3 is 2.38 bits per heavy atom. The zero-order chi connectivity index (χ0) is 17.8. The van der Waals surface area contributed by atoms with E-state index in [1.807, 2.05) is 24.3 Å². The molecule has 2 nitrogen and oxygen atoms in total. The third-order valence-electron chi connectivity index (χ3n) is 5.58. The molecule has 3 aromatic carbocycles. The predicted molar refractivity (Wildman–Crippen MR) is 107 cm³/mol. The normalized spacial score (nSPS) is 15.8. The Balaban J connectivity index is 1.54. The van der Waals surface area contributed by atoms with Gasteiger partial charge in [-0.2, -0.15) is 0 Å². The summed E-state index contributed by atoms with van der Waals surface area (Å²) in [6.45, 7) is 0. The second kappa shape index (κ2) is 7.74. The molecule has 4 rings (SSSR count). The molecular formula is C24H25NO. The van der Waals surface area contributed by atoms with Gasteiger partial charge in [-0.15, -0.1) is 0 Å². The van der Waals surface area contributed by atoms with Gasteiger partial charge in [-0.05, 0) is 40.7 Å². The molecule has 1 unspecified atom stereocenters. The molecule has 26 heavy (non-hydrogen) atoms. The van der Waals surface area contributed by atoms with Gasteiger partial charge in [-0.1, -0.05) is 85.6 Å². The molecule has 0 spiro atoms. The molecule has 0 bridgehead atoms. The summed E-state index contributed by atoms with van der Waals surface area (Å²) in [4.78, 5) is 12.9. The molecule has 2 heteroatoms. The molecule has 1 aliphatic rings. The lowest BCUT2D eigenvalue weighted by Gasteiger charge is -2.25. The van der Waals surface area contributed by atoms with Crippen LogP contribution >= 0.6 is 0 Å². The first-order valence-electron chi connectivity index (χ1n) is 9.62. The number of benzene rings is 3. The summed E-state index contributed by atoms with van der Waals surface area (Å²) in [5.41, 5.74) is 2.32. The van der Waals surface area contributed by atoms with Crippen LogP contribution in [0.3, 0.4) is 0 Å². The Morgan fingerprint density at radius 1 is 0.885 bits per heavy atom. The molecule has 0 heterocycles. The lowest BCUT2D eigenvalue weighted by Crippen LogP contribution is -2.33. The van der Waals surface area contributed by atoms with E-state index in [4.69, 9.17) is 0 Å². The van der Waals surface area contributed by atoms with Crippen LogP contribution in [0.5, 0.6) is 0 Å². The molecule has 1 N–H and O–H groups in total. The quantitative estimate of drug-likeness (QED) is 0.657. The highest BCUT2D eigenvalue weighted by Gasteiger charge is 2.27. The Kier molecular flexibility index (Phi) is 5.01. The van der Waals surface area contributed by atoms with Gasteiger partial charge < -0.3 is 5.32 Å². The van der Waals surface area contributed by atoms with Crippen molar-refractivity contribution >= 4 is 16.7 Å². The summed E-state index contributed by atoms with van der Waals surface area (Å²) in [5.74, 6) is 0.663. The molecule has 0 aliphatic heterocycles. The van der Waals surface area contributed by atoms with Crippen LogP contribution in [-0.2, 0) is 11.2 Å².